The van der Waals surface area contributed by atoms with Crippen LogP contribution in [-0.2, 0) is 14.3 Å². The summed E-state index contributed by atoms with van der Waals surface area (Å²) >= 11 is 0. The average molecular weight is 244 g/mol. The Bertz CT molecular complexity index is 318. The van der Waals surface area contributed by atoms with Gasteiger partial charge in [-0.3, -0.25) is 9.59 Å². The van der Waals surface area contributed by atoms with Gasteiger partial charge < -0.3 is 20.1 Å². The van der Waals surface area contributed by atoms with Crippen LogP contribution >= 0.6 is 0 Å². The molecule has 0 radical (unpaired) electrons. The largest absolute Gasteiger partial charge is 0.481 e. The number of urea groups is 1. The topological polar surface area (TPSA) is 95.9 Å². The summed E-state index contributed by atoms with van der Waals surface area (Å²) in [6.45, 7) is 0.489. The molecule has 1 heterocycles. The van der Waals surface area contributed by atoms with Gasteiger partial charge in [0.05, 0.1) is 13.0 Å². The average Bonchev–Trinajstić information content (AvgIpc) is 2.35. The van der Waals surface area contributed by atoms with Gasteiger partial charge in [0.15, 0.2) is 0 Å². The lowest BCUT2D eigenvalue weighted by Crippen LogP contribution is -2.48. The van der Waals surface area contributed by atoms with Gasteiger partial charge in [0.1, 0.15) is 6.54 Å². The first-order valence-corrected chi connectivity index (χ1v) is 5.37. The van der Waals surface area contributed by atoms with Crippen LogP contribution in [0, 0.1) is 5.92 Å². The molecule has 7 nitrogen and oxygen atoms in total. The molecule has 2 amide bonds. The fourth-order valence-electron chi connectivity index (χ4n) is 1.69. The quantitative estimate of drug-likeness (QED) is 0.662. The lowest BCUT2D eigenvalue weighted by Gasteiger charge is -2.30. The van der Waals surface area contributed by atoms with Crippen molar-refractivity contribution < 1.29 is 24.2 Å². The fourth-order valence-corrected chi connectivity index (χ4v) is 1.69. The summed E-state index contributed by atoms with van der Waals surface area (Å²) in [5, 5.41) is 11.2. The second-order valence-electron chi connectivity index (χ2n) is 3.86. The lowest BCUT2D eigenvalue weighted by atomic mass is 9.99. The van der Waals surface area contributed by atoms with Crippen LogP contribution in [0.1, 0.15) is 12.8 Å². The number of likely N-dealkylation sites (tertiary alicyclic amines) is 1. The first-order valence-electron chi connectivity index (χ1n) is 5.37. The molecule has 1 saturated heterocycles. The Kier molecular flexibility index (Phi) is 4.74. The molecule has 0 unspecified atom stereocenters. The number of nitrogens with one attached hydrogen (secondary N) is 1. The van der Waals surface area contributed by atoms with E-state index in [4.69, 9.17) is 5.11 Å². The van der Waals surface area contributed by atoms with E-state index in [0.29, 0.717) is 19.4 Å². The summed E-state index contributed by atoms with van der Waals surface area (Å²) in [5.74, 6) is -1.95. The molecule has 0 bridgehead atoms. The zero-order valence-electron chi connectivity index (χ0n) is 9.64. The molecular formula is C10H16N2O5. The predicted molar refractivity (Wildman–Crippen MR) is 57.3 cm³/mol. The number of hydrogen-bond acceptors (Lipinski definition) is 4. The second-order valence-corrected chi connectivity index (χ2v) is 3.86. The number of aliphatic carboxylic acids is 1. The van der Waals surface area contributed by atoms with Crippen molar-refractivity contribution in [3.63, 3.8) is 0 Å². The van der Waals surface area contributed by atoms with Gasteiger partial charge >= 0.3 is 18.0 Å². The van der Waals surface area contributed by atoms with Crippen molar-refractivity contribution in [2.75, 3.05) is 26.7 Å². The molecule has 0 aliphatic carbocycles. The van der Waals surface area contributed by atoms with Crippen molar-refractivity contribution in [1.29, 1.82) is 0 Å². The number of nitrogens with zero attached hydrogens (tertiary/aromatic N) is 1. The molecule has 1 fully saturated rings. The monoisotopic (exact) mass is 244 g/mol. The normalized spacial score (nSPS) is 19.6. The predicted octanol–water partition coefficient (Wildman–Crippen LogP) is -0.334. The van der Waals surface area contributed by atoms with Crippen LogP contribution in [0.2, 0.25) is 0 Å². The van der Waals surface area contributed by atoms with Crippen molar-refractivity contribution in [3.05, 3.63) is 0 Å². The third kappa shape index (κ3) is 3.93. The summed E-state index contributed by atoms with van der Waals surface area (Å²) < 4.78 is 4.38. The van der Waals surface area contributed by atoms with E-state index in [1.165, 1.54) is 12.0 Å². The number of esters is 1. The van der Waals surface area contributed by atoms with Crippen LogP contribution in [0.25, 0.3) is 0 Å². The first kappa shape index (κ1) is 13.3. The Hall–Kier alpha value is -1.79. The Morgan fingerprint density at radius 1 is 1.47 bits per heavy atom. The molecule has 0 aromatic carbocycles. The smallest absolute Gasteiger partial charge is 0.325 e. The standard InChI is InChI=1S/C10H16N2O5/c1-17-8(13)5-11-10(16)12-4-2-3-7(6-12)9(14)15/h7H,2-6H2,1H3,(H,11,16)(H,14,15)/t7-/m1/s1. The van der Waals surface area contributed by atoms with E-state index in [-0.39, 0.29) is 13.1 Å². The van der Waals surface area contributed by atoms with E-state index in [0.717, 1.165) is 0 Å². The zero-order valence-corrected chi connectivity index (χ0v) is 9.64. The Labute approximate surface area is 98.7 Å². The molecule has 17 heavy (non-hydrogen) atoms. The highest BCUT2D eigenvalue weighted by molar-refractivity contribution is 5.81. The van der Waals surface area contributed by atoms with Crippen molar-refractivity contribution in [1.82, 2.24) is 10.2 Å². The number of carbonyl (C=O) groups is 3. The van der Waals surface area contributed by atoms with Crippen molar-refractivity contribution in [2.45, 2.75) is 12.8 Å². The van der Waals surface area contributed by atoms with Crippen molar-refractivity contribution in [2.24, 2.45) is 5.92 Å². The van der Waals surface area contributed by atoms with Gasteiger partial charge in [0.25, 0.3) is 0 Å². The maximum Gasteiger partial charge on any atom is 0.325 e. The van der Waals surface area contributed by atoms with Gasteiger partial charge in [0, 0.05) is 13.1 Å². The summed E-state index contributed by atoms with van der Waals surface area (Å²) in [6.07, 6.45) is 1.23. The van der Waals surface area contributed by atoms with Crippen LogP contribution in [-0.4, -0.2) is 54.7 Å². The third-order valence-corrected chi connectivity index (χ3v) is 2.67. The van der Waals surface area contributed by atoms with Gasteiger partial charge in [-0.05, 0) is 12.8 Å². The molecule has 2 N–H and O–H groups in total. The van der Waals surface area contributed by atoms with Gasteiger partial charge in [-0.2, -0.15) is 0 Å². The molecule has 1 atom stereocenters. The molecule has 0 saturated carbocycles. The summed E-state index contributed by atoms with van der Waals surface area (Å²) in [5.41, 5.74) is 0. The number of hydrogen-bond donors (Lipinski definition) is 2. The number of rotatable bonds is 3. The molecule has 1 aliphatic heterocycles. The SMILES string of the molecule is COC(=O)CNC(=O)N1CCC[C@@H](C(=O)O)C1. The van der Waals surface area contributed by atoms with Crippen molar-refractivity contribution in [3.8, 4) is 0 Å². The van der Waals surface area contributed by atoms with Crippen LogP contribution in [0.15, 0.2) is 0 Å². The molecule has 0 spiro atoms. The van der Waals surface area contributed by atoms with Crippen LogP contribution in [0.4, 0.5) is 4.79 Å². The number of ether oxygens (including phenoxy) is 1. The minimum absolute atomic E-state index is 0.183. The van der Waals surface area contributed by atoms with E-state index in [9.17, 15) is 14.4 Å². The van der Waals surface area contributed by atoms with Gasteiger partial charge in [-0.15, -0.1) is 0 Å². The highest BCUT2D eigenvalue weighted by atomic mass is 16.5. The molecule has 96 valence electrons. The second kappa shape index (κ2) is 6.07. The van der Waals surface area contributed by atoms with E-state index >= 15 is 0 Å². The molecule has 1 rings (SSSR count). The number of piperidine rings is 1. The summed E-state index contributed by atoms with van der Waals surface area (Å²) in [7, 11) is 1.23. The number of amides is 2. The molecule has 0 aromatic rings. The number of carboxylic acids is 1. The maximum absolute atomic E-state index is 11.6. The number of carboxylic acid groups (broad SMARTS) is 1. The molecule has 0 aromatic heterocycles. The van der Waals surface area contributed by atoms with Crippen LogP contribution in [0.5, 0.6) is 0 Å². The van der Waals surface area contributed by atoms with E-state index in [1.807, 2.05) is 0 Å². The first-order chi connectivity index (χ1) is 8.04. The van der Waals surface area contributed by atoms with Gasteiger partial charge in [-0.1, -0.05) is 0 Å². The highest BCUT2D eigenvalue weighted by Crippen LogP contribution is 2.16. The third-order valence-electron chi connectivity index (χ3n) is 2.67. The minimum atomic E-state index is -0.893. The van der Waals surface area contributed by atoms with Gasteiger partial charge in [0.2, 0.25) is 0 Å². The van der Waals surface area contributed by atoms with Crippen LogP contribution < -0.4 is 5.32 Å². The highest BCUT2D eigenvalue weighted by Gasteiger charge is 2.28. The van der Waals surface area contributed by atoms with E-state index < -0.39 is 23.9 Å². The number of carbonyl (C=O) groups excluding carboxylic acids is 2. The summed E-state index contributed by atoms with van der Waals surface area (Å²) in [4.78, 5) is 34.6. The lowest BCUT2D eigenvalue weighted by molar-refractivity contribution is -0.143. The Morgan fingerprint density at radius 3 is 2.76 bits per heavy atom. The molecule has 7 heteroatoms. The van der Waals surface area contributed by atoms with Crippen molar-refractivity contribution >= 4 is 18.0 Å². The molecule has 1 aliphatic rings. The fraction of sp³-hybridized carbons (Fsp3) is 0.700. The van der Waals surface area contributed by atoms with E-state index in [2.05, 4.69) is 10.1 Å². The van der Waals surface area contributed by atoms with E-state index in [1.54, 1.807) is 0 Å². The summed E-state index contributed by atoms with van der Waals surface area (Å²) in [6, 6.07) is -0.429. The zero-order chi connectivity index (χ0) is 12.8. The minimum Gasteiger partial charge on any atom is -0.481 e. The van der Waals surface area contributed by atoms with Crippen LogP contribution in [0.3, 0.4) is 0 Å². The van der Waals surface area contributed by atoms with Gasteiger partial charge in [-0.25, -0.2) is 4.79 Å². The Morgan fingerprint density at radius 2 is 2.18 bits per heavy atom. The number of methoxy groups -OCH3 is 1. The Balaban J connectivity index is 2.41. The maximum atomic E-state index is 11.6. The molecular weight excluding hydrogens is 228 g/mol.